The highest BCUT2D eigenvalue weighted by molar-refractivity contribution is 8.00. The summed E-state index contributed by atoms with van der Waals surface area (Å²) in [5.41, 5.74) is 2.19. The quantitative estimate of drug-likeness (QED) is 0.160. The average molecular weight is 738 g/mol. The molecule has 2 N–H and O–H groups in total. The molecule has 7 atom stereocenters. The molecule has 2 saturated carbocycles. The van der Waals surface area contributed by atoms with Gasteiger partial charge in [-0.15, -0.1) is 11.8 Å². The summed E-state index contributed by atoms with van der Waals surface area (Å²) in [5, 5.41) is 6.34. The summed E-state index contributed by atoms with van der Waals surface area (Å²) in [6.07, 6.45) is 0.782. The Kier molecular flexibility index (Phi) is 7.97. The zero-order valence-corrected chi connectivity index (χ0v) is 29.7. The van der Waals surface area contributed by atoms with Gasteiger partial charge in [-0.05, 0) is 84.5 Å². The number of nitrogens with zero attached hydrogens (tertiary/aromatic N) is 1. The number of aromatic nitrogens is 1. The lowest BCUT2D eigenvalue weighted by atomic mass is 9.68. The molecule has 0 radical (unpaired) electrons. The fourth-order valence-corrected chi connectivity index (χ4v) is 12.0. The van der Waals surface area contributed by atoms with Crippen LogP contribution >= 0.6 is 34.7 Å². The summed E-state index contributed by atoms with van der Waals surface area (Å²) in [6.45, 7) is 2.05. The second kappa shape index (κ2) is 12.6. The molecule has 51 heavy (non-hydrogen) atoms. The van der Waals surface area contributed by atoms with Crippen LogP contribution in [0.4, 0.5) is 11.4 Å². The number of hydrogen-bond acceptors (Lipinski definition) is 8. The van der Waals surface area contributed by atoms with Gasteiger partial charge in [-0.1, -0.05) is 65.4 Å². The van der Waals surface area contributed by atoms with Crippen molar-refractivity contribution >= 4 is 74.6 Å². The molecule has 258 valence electrons. The van der Waals surface area contributed by atoms with Crippen molar-refractivity contribution in [1.82, 2.24) is 4.98 Å². The molecule has 1 saturated heterocycles. The van der Waals surface area contributed by atoms with Gasteiger partial charge in [0, 0.05) is 32.1 Å². The molecule has 3 fully saturated rings. The number of hydrogen-bond donors (Lipinski definition) is 2. The Labute approximate surface area is 306 Å². The molecule has 9 nitrogen and oxygen atoms in total. The van der Waals surface area contributed by atoms with Gasteiger partial charge in [-0.25, -0.2) is 0 Å². The van der Waals surface area contributed by atoms with E-state index in [1.807, 2.05) is 67.6 Å². The molecule has 9 rings (SSSR count). The fraction of sp³-hybridized carbons (Fsp3) is 0.282. The first kappa shape index (κ1) is 32.3. The molecule has 2 aliphatic carbocycles. The Morgan fingerprint density at radius 1 is 0.922 bits per heavy atom. The monoisotopic (exact) mass is 737 g/mol. The maximum Gasteiger partial charge on any atom is 0.305 e. The molecule has 12 heteroatoms. The Bertz CT molecular complexity index is 2280. The number of carbonyl (C=O) groups excluding carboxylic acids is 3. The molecular formula is C39H32ClN3O6S2. The van der Waals surface area contributed by atoms with Gasteiger partial charge in [-0.3, -0.25) is 24.1 Å². The third-order valence-corrected chi connectivity index (χ3v) is 13.7. The lowest BCUT2D eigenvalue weighted by Crippen LogP contribution is -2.42. The lowest BCUT2D eigenvalue weighted by molar-refractivity contribution is -0.123. The van der Waals surface area contributed by atoms with Gasteiger partial charge >= 0.3 is 4.87 Å². The van der Waals surface area contributed by atoms with E-state index in [1.54, 1.807) is 36.0 Å². The number of anilines is 2. The van der Waals surface area contributed by atoms with Crippen LogP contribution < -0.4 is 24.6 Å². The van der Waals surface area contributed by atoms with Crippen LogP contribution in [0.2, 0.25) is 5.02 Å². The molecule has 4 aromatic carbocycles. The number of imide groups is 1. The predicted molar refractivity (Wildman–Crippen MR) is 198 cm³/mol. The minimum Gasteiger partial charge on any atom is -0.490 e. The van der Waals surface area contributed by atoms with Crippen molar-refractivity contribution in [3.63, 3.8) is 0 Å². The Balaban J connectivity index is 1.01. The maximum atomic E-state index is 14.1. The van der Waals surface area contributed by atoms with Crippen LogP contribution in [0.25, 0.3) is 10.8 Å². The summed E-state index contributed by atoms with van der Waals surface area (Å²) in [7, 11) is 0. The first-order valence-electron chi connectivity index (χ1n) is 17.0. The lowest BCUT2D eigenvalue weighted by Gasteiger charge is -2.43. The van der Waals surface area contributed by atoms with Crippen molar-refractivity contribution in [2.24, 2.45) is 29.6 Å². The molecule has 0 spiro atoms. The Morgan fingerprint density at radius 3 is 2.49 bits per heavy atom. The van der Waals surface area contributed by atoms with E-state index in [9.17, 15) is 19.2 Å². The van der Waals surface area contributed by atoms with Gasteiger partial charge in [0.25, 0.3) is 5.91 Å². The largest absolute Gasteiger partial charge is 0.490 e. The van der Waals surface area contributed by atoms with Gasteiger partial charge in [0.05, 0.1) is 29.2 Å². The number of aromatic amines is 1. The van der Waals surface area contributed by atoms with E-state index in [1.165, 1.54) is 16.2 Å². The van der Waals surface area contributed by atoms with E-state index in [2.05, 4.69) is 10.3 Å². The molecule has 4 aliphatic rings. The number of thioether (sulfide) groups is 1. The summed E-state index contributed by atoms with van der Waals surface area (Å²) in [5.74, 6) is -0.704. The van der Waals surface area contributed by atoms with E-state index in [4.69, 9.17) is 21.1 Å². The highest BCUT2D eigenvalue weighted by Gasteiger charge is 2.69. The van der Waals surface area contributed by atoms with Crippen LogP contribution in [0.15, 0.2) is 94.7 Å². The minimum atomic E-state index is -0.422. The number of fused-ring (bicyclic) bond motifs is 10. The number of H-pyrrole nitrogens is 1. The van der Waals surface area contributed by atoms with Crippen molar-refractivity contribution in [3.8, 4) is 11.5 Å². The standard InChI is InChI=1S/C39H32ClN3O6S2/c1-2-48-28-16-20(10-15-27(28)49-18-29(44)41-26-9-5-7-19-6-3-4-8-23(19)26)30-31-24-17-25(34(31)50-36-35(30)51-39(47)42-36)33-32(24)37(45)43(38(33)46)22-13-11-21(40)12-14-22/h3-16,24-25,30-34H,2,17-18H2,1H3,(H,41,44)(H,42,47)/t24-,25-,30-,31?,32?,33?,34?/m1/s1. The normalized spacial score (nSPS) is 25.8. The Hall–Kier alpha value is -4.58. The minimum absolute atomic E-state index is 0.00276. The number of halogens is 1. The molecule has 3 amide bonds. The van der Waals surface area contributed by atoms with Crippen LogP contribution in [0, 0.1) is 29.6 Å². The highest BCUT2D eigenvalue weighted by atomic mass is 35.5. The summed E-state index contributed by atoms with van der Waals surface area (Å²) >= 11 is 8.96. The summed E-state index contributed by atoms with van der Waals surface area (Å²) in [4.78, 5) is 59.0. The summed E-state index contributed by atoms with van der Waals surface area (Å²) in [6, 6.07) is 26.2. The second-order valence-corrected chi connectivity index (χ2v) is 16.1. The second-order valence-electron chi connectivity index (χ2n) is 13.5. The number of amides is 3. The first-order valence-corrected chi connectivity index (χ1v) is 19.1. The summed E-state index contributed by atoms with van der Waals surface area (Å²) < 4.78 is 12.1. The molecule has 1 aromatic heterocycles. The van der Waals surface area contributed by atoms with E-state index >= 15 is 0 Å². The van der Waals surface area contributed by atoms with E-state index in [0.717, 1.165) is 32.7 Å². The van der Waals surface area contributed by atoms with Crippen LogP contribution in [0.1, 0.15) is 29.7 Å². The first-order chi connectivity index (χ1) is 24.8. The SMILES string of the molecule is CCOc1cc([C@H]2c3sc(=O)[nH]c3SC3C2[C@H]2C[C@@H]3C3C(=O)N(c4ccc(Cl)cc4)C(=O)C32)ccc1OCC(=O)Nc1cccc2ccccc12. The van der Waals surface area contributed by atoms with Crippen molar-refractivity contribution in [1.29, 1.82) is 0 Å². The molecule has 3 heterocycles. The zero-order valence-electron chi connectivity index (χ0n) is 27.3. The van der Waals surface area contributed by atoms with Crippen LogP contribution in [-0.2, 0) is 14.4 Å². The van der Waals surface area contributed by atoms with Crippen molar-refractivity contribution < 1.29 is 23.9 Å². The van der Waals surface area contributed by atoms with Gasteiger partial charge in [0.1, 0.15) is 0 Å². The number of carbonyl (C=O) groups is 3. The molecule has 2 aliphatic heterocycles. The van der Waals surface area contributed by atoms with E-state index < -0.39 is 11.8 Å². The molecule has 4 unspecified atom stereocenters. The highest BCUT2D eigenvalue weighted by Crippen LogP contribution is 2.68. The smallest absolute Gasteiger partial charge is 0.305 e. The third kappa shape index (κ3) is 5.27. The van der Waals surface area contributed by atoms with E-state index in [0.29, 0.717) is 34.5 Å². The van der Waals surface area contributed by atoms with Crippen LogP contribution in [-0.4, -0.2) is 41.2 Å². The third-order valence-electron chi connectivity index (χ3n) is 10.9. The number of thiazole rings is 1. The van der Waals surface area contributed by atoms with Gasteiger partial charge < -0.3 is 19.8 Å². The van der Waals surface area contributed by atoms with Crippen LogP contribution in [0.5, 0.6) is 11.5 Å². The van der Waals surface area contributed by atoms with Crippen molar-refractivity contribution in [2.45, 2.75) is 29.5 Å². The number of rotatable bonds is 8. The van der Waals surface area contributed by atoms with Crippen molar-refractivity contribution in [3.05, 3.63) is 110 Å². The Morgan fingerprint density at radius 2 is 1.69 bits per heavy atom. The zero-order chi connectivity index (χ0) is 35.0. The maximum absolute atomic E-state index is 14.1. The van der Waals surface area contributed by atoms with Crippen molar-refractivity contribution in [2.75, 3.05) is 23.4 Å². The molecule has 5 aromatic rings. The molecule has 2 bridgehead atoms. The van der Waals surface area contributed by atoms with Gasteiger partial charge in [0.2, 0.25) is 11.8 Å². The number of ether oxygens (including phenoxy) is 2. The van der Waals surface area contributed by atoms with E-state index in [-0.39, 0.29) is 58.1 Å². The fourth-order valence-electron chi connectivity index (χ4n) is 9.00. The predicted octanol–water partition coefficient (Wildman–Crippen LogP) is 7.34. The van der Waals surface area contributed by atoms with Gasteiger partial charge in [-0.2, -0.15) is 0 Å². The topological polar surface area (TPSA) is 118 Å². The van der Waals surface area contributed by atoms with Gasteiger partial charge in [0.15, 0.2) is 18.1 Å². The number of nitrogens with one attached hydrogen (secondary N) is 2. The number of benzene rings is 4. The molecular weight excluding hydrogens is 706 g/mol. The van der Waals surface area contributed by atoms with Crippen LogP contribution in [0.3, 0.4) is 0 Å². The average Bonchev–Trinajstić information content (AvgIpc) is 3.87.